The lowest BCUT2D eigenvalue weighted by Crippen LogP contribution is -2.36. The van der Waals surface area contributed by atoms with Gasteiger partial charge in [0, 0.05) is 25.0 Å². The Bertz CT molecular complexity index is 370. The van der Waals surface area contributed by atoms with Crippen LogP contribution in [0.1, 0.15) is 59.3 Å². The number of imidazole rings is 1. The van der Waals surface area contributed by atoms with Gasteiger partial charge in [-0.3, -0.25) is 0 Å². The van der Waals surface area contributed by atoms with Gasteiger partial charge in [-0.2, -0.15) is 0 Å². The standard InChI is InChI=1S/C16H29N3/c1-4-5-11-19-12-10-17-16(19)18-15-9-7-6-8-14(15)13(2)3/h10,12-15H,4-9,11H2,1-3H3,(H,17,18). The zero-order chi connectivity index (χ0) is 13.7. The van der Waals surface area contributed by atoms with E-state index in [1.54, 1.807) is 0 Å². The molecule has 0 radical (unpaired) electrons. The first-order valence-corrected chi connectivity index (χ1v) is 8.00. The number of nitrogens with one attached hydrogen (secondary N) is 1. The normalized spacial score (nSPS) is 23.8. The lowest BCUT2D eigenvalue weighted by atomic mass is 9.78. The van der Waals surface area contributed by atoms with Crippen molar-refractivity contribution in [2.75, 3.05) is 5.32 Å². The first-order valence-electron chi connectivity index (χ1n) is 8.00. The van der Waals surface area contributed by atoms with Gasteiger partial charge in [-0.25, -0.2) is 4.98 Å². The second-order valence-corrected chi connectivity index (χ2v) is 6.24. The zero-order valence-corrected chi connectivity index (χ0v) is 12.7. The summed E-state index contributed by atoms with van der Waals surface area (Å²) in [6.45, 7) is 8.03. The molecule has 108 valence electrons. The minimum atomic E-state index is 0.608. The molecule has 2 unspecified atom stereocenters. The van der Waals surface area contributed by atoms with Crippen LogP contribution in [0.5, 0.6) is 0 Å². The summed E-state index contributed by atoms with van der Waals surface area (Å²) in [5, 5.41) is 3.72. The van der Waals surface area contributed by atoms with E-state index in [0.717, 1.165) is 24.3 Å². The van der Waals surface area contributed by atoms with E-state index in [-0.39, 0.29) is 0 Å². The molecule has 2 atom stereocenters. The maximum atomic E-state index is 4.51. The largest absolute Gasteiger partial charge is 0.353 e. The molecule has 0 bridgehead atoms. The Kier molecular flexibility index (Phi) is 5.29. The van der Waals surface area contributed by atoms with Gasteiger partial charge in [0.1, 0.15) is 0 Å². The van der Waals surface area contributed by atoms with Gasteiger partial charge in [-0.1, -0.05) is 40.0 Å². The Morgan fingerprint density at radius 1 is 1.37 bits per heavy atom. The van der Waals surface area contributed by atoms with Gasteiger partial charge in [-0.05, 0) is 31.1 Å². The van der Waals surface area contributed by atoms with Crippen LogP contribution in [0.4, 0.5) is 5.95 Å². The highest BCUT2D eigenvalue weighted by atomic mass is 15.2. The molecule has 0 amide bonds. The number of anilines is 1. The van der Waals surface area contributed by atoms with E-state index in [1.807, 2.05) is 6.20 Å². The van der Waals surface area contributed by atoms with E-state index in [9.17, 15) is 0 Å². The van der Waals surface area contributed by atoms with Crippen molar-refractivity contribution in [3.05, 3.63) is 12.4 Å². The topological polar surface area (TPSA) is 29.9 Å². The number of aromatic nitrogens is 2. The van der Waals surface area contributed by atoms with Crippen molar-refractivity contribution < 1.29 is 0 Å². The van der Waals surface area contributed by atoms with Crippen LogP contribution < -0.4 is 5.32 Å². The number of unbranched alkanes of at least 4 members (excludes halogenated alkanes) is 1. The Morgan fingerprint density at radius 3 is 2.89 bits per heavy atom. The molecule has 1 aromatic rings. The molecule has 0 spiro atoms. The molecule has 1 fully saturated rings. The van der Waals surface area contributed by atoms with Gasteiger partial charge in [-0.15, -0.1) is 0 Å². The number of hydrogen-bond donors (Lipinski definition) is 1. The predicted molar refractivity (Wildman–Crippen MR) is 81.3 cm³/mol. The molecule has 0 aromatic carbocycles. The van der Waals surface area contributed by atoms with Crippen molar-refractivity contribution in [1.29, 1.82) is 0 Å². The lowest BCUT2D eigenvalue weighted by Gasteiger charge is -2.35. The highest BCUT2D eigenvalue weighted by molar-refractivity contribution is 5.28. The Morgan fingerprint density at radius 2 is 2.16 bits per heavy atom. The van der Waals surface area contributed by atoms with Crippen molar-refractivity contribution in [3.63, 3.8) is 0 Å². The molecule has 1 heterocycles. The number of aryl methyl sites for hydroxylation is 1. The minimum Gasteiger partial charge on any atom is -0.353 e. The minimum absolute atomic E-state index is 0.608. The van der Waals surface area contributed by atoms with Crippen LogP contribution in [-0.4, -0.2) is 15.6 Å². The third kappa shape index (κ3) is 3.74. The van der Waals surface area contributed by atoms with Crippen molar-refractivity contribution in [3.8, 4) is 0 Å². The number of rotatable bonds is 6. The van der Waals surface area contributed by atoms with Gasteiger partial charge < -0.3 is 9.88 Å². The molecule has 0 saturated heterocycles. The van der Waals surface area contributed by atoms with Gasteiger partial charge in [0.05, 0.1) is 0 Å². The Balaban J connectivity index is 2.00. The van der Waals surface area contributed by atoms with Crippen LogP contribution in [0, 0.1) is 11.8 Å². The molecular weight excluding hydrogens is 234 g/mol. The van der Waals surface area contributed by atoms with Gasteiger partial charge in [0.25, 0.3) is 0 Å². The van der Waals surface area contributed by atoms with Gasteiger partial charge in [0.2, 0.25) is 5.95 Å². The van der Waals surface area contributed by atoms with E-state index in [1.165, 1.54) is 38.5 Å². The van der Waals surface area contributed by atoms with Crippen LogP contribution in [0.15, 0.2) is 12.4 Å². The maximum absolute atomic E-state index is 4.51. The van der Waals surface area contributed by atoms with E-state index >= 15 is 0 Å². The molecule has 3 heteroatoms. The summed E-state index contributed by atoms with van der Waals surface area (Å²) in [4.78, 5) is 4.51. The van der Waals surface area contributed by atoms with Crippen molar-refractivity contribution in [2.45, 2.75) is 71.9 Å². The smallest absolute Gasteiger partial charge is 0.202 e. The third-order valence-electron chi connectivity index (χ3n) is 4.46. The van der Waals surface area contributed by atoms with E-state index in [2.05, 4.69) is 41.8 Å². The van der Waals surface area contributed by atoms with Crippen molar-refractivity contribution in [1.82, 2.24) is 9.55 Å². The zero-order valence-electron chi connectivity index (χ0n) is 12.7. The SMILES string of the molecule is CCCCn1ccnc1NC1CCCCC1C(C)C. The van der Waals surface area contributed by atoms with Crippen LogP contribution in [-0.2, 0) is 6.54 Å². The summed E-state index contributed by atoms with van der Waals surface area (Å²) in [7, 11) is 0. The van der Waals surface area contributed by atoms with Crippen LogP contribution in [0.3, 0.4) is 0 Å². The number of nitrogens with zero attached hydrogens (tertiary/aromatic N) is 2. The summed E-state index contributed by atoms with van der Waals surface area (Å²) in [5.74, 6) is 2.63. The monoisotopic (exact) mass is 263 g/mol. The highest BCUT2D eigenvalue weighted by Gasteiger charge is 2.28. The molecule has 2 rings (SSSR count). The Labute approximate surface area is 117 Å². The molecule has 1 aliphatic carbocycles. The second-order valence-electron chi connectivity index (χ2n) is 6.24. The number of hydrogen-bond acceptors (Lipinski definition) is 2. The quantitative estimate of drug-likeness (QED) is 0.829. The summed E-state index contributed by atoms with van der Waals surface area (Å²) in [5.41, 5.74) is 0. The molecule has 1 aromatic heterocycles. The molecule has 19 heavy (non-hydrogen) atoms. The second kappa shape index (κ2) is 6.97. The summed E-state index contributed by atoms with van der Waals surface area (Å²) in [6.07, 6.45) is 11.9. The fraction of sp³-hybridized carbons (Fsp3) is 0.812. The molecule has 3 nitrogen and oxygen atoms in total. The van der Waals surface area contributed by atoms with E-state index < -0.39 is 0 Å². The molecule has 0 aliphatic heterocycles. The first kappa shape index (κ1) is 14.4. The van der Waals surface area contributed by atoms with E-state index in [4.69, 9.17) is 0 Å². The fourth-order valence-corrected chi connectivity index (χ4v) is 3.26. The predicted octanol–water partition coefficient (Wildman–Crippen LogP) is 4.31. The summed E-state index contributed by atoms with van der Waals surface area (Å²) < 4.78 is 2.27. The lowest BCUT2D eigenvalue weighted by molar-refractivity contribution is 0.252. The highest BCUT2D eigenvalue weighted by Crippen LogP contribution is 2.32. The average molecular weight is 263 g/mol. The average Bonchev–Trinajstić information content (AvgIpc) is 2.84. The fourth-order valence-electron chi connectivity index (χ4n) is 3.26. The first-order chi connectivity index (χ1) is 9.22. The van der Waals surface area contributed by atoms with E-state index in [0.29, 0.717) is 6.04 Å². The molecule has 1 N–H and O–H groups in total. The van der Waals surface area contributed by atoms with Crippen LogP contribution in [0.25, 0.3) is 0 Å². The van der Waals surface area contributed by atoms with Crippen molar-refractivity contribution >= 4 is 5.95 Å². The summed E-state index contributed by atoms with van der Waals surface area (Å²) in [6, 6.07) is 0.608. The van der Waals surface area contributed by atoms with Crippen LogP contribution in [0.2, 0.25) is 0 Å². The summed E-state index contributed by atoms with van der Waals surface area (Å²) >= 11 is 0. The van der Waals surface area contributed by atoms with Gasteiger partial charge in [0.15, 0.2) is 0 Å². The van der Waals surface area contributed by atoms with Gasteiger partial charge >= 0.3 is 0 Å². The van der Waals surface area contributed by atoms with Crippen molar-refractivity contribution in [2.24, 2.45) is 11.8 Å². The molecule has 1 aliphatic rings. The van der Waals surface area contributed by atoms with Crippen LogP contribution >= 0.6 is 0 Å². The molecular formula is C16H29N3. The molecule has 1 saturated carbocycles. The Hall–Kier alpha value is -0.990. The third-order valence-corrected chi connectivity index (χ3v) is 4.46. The maximum Gasteiger partial charge on any atom is 0.202 e.